The Morgan fingerprint density at radius 3 is 2.41 bits per heavy atom. The van der Waals surface area contributed by atoms with Crippen molar-refractivity contribution >= 4 is 22.6 Å². The van der Waals surface area contributed by atoms with E-state index < -0.39 is 29.5 Å². The number of likely N-dealkylation sites (N-methyl/N-ethyl adjacent to an activating group) is 1. The molecule has 32 heavy (non-hydrogen) atoms. The molecule has 2 aromatic heterocycles. The number of carbonyl (C=O) groups is 1. The molecule has 4 rings (SSSR count). The lowest BCUT2D eigenvalue weighted by atomic mass is 10.2. The van der Waals surface area contributed by atoms with E-state index in [0.717, 1.165) is 4.57 Å². The van der Waals surface area contributed by atoms with Gasteiger partial charge in [0.15, 0.2) is 5.65 Å². The normalized spacial score (nSPS) is 10.8. The predicted octanol–water partition coefficient (Wildman–Crippen LogP) is 2.36. The average Bonchev–Trinajstić information content (AvgIpc) is 2.82. The molecule has 0 bridgehead atoms. The van der Waals surface area contributed by atoms with Crippen LogP contribution >= 0.6 is 0 Å². The number of benzene rings is 2. The van der Waals surface area contributed by atoms with Gasteiger partial charge in [-0.1, -0.05) is 0 Å². The fourth-order valence-corrected chi connectivity index (χ4v) is 3.34. The van der Waals surface area contributed by atoms with Crippen molar-refractivity contribution in [1.82, 2.24) is 14.1 Å². The van der Waals surface area contributed by atoms with E-state index in [0.29, 0.717) is 17.1 Å². The number of rotatable bonds is 5. The van der Waals surface area contributed by atoms with E-state index in [1.807, 2.05) is 0 Å². The highest BCUT2D eigenvalue weighted by Gasteiger charge is 2.19. The van der Waals surface area contributed by atoms with Gasteiger partial charge in [-0.25, -0.2) is 23.3 Å². The number of aromatic nitrogens is 3. The molecule has 2 aromatic carbocycles. The summed E-state index contributed by atoms with van der Waals surface area (Å²) < 4.78 is 20.5. The molecular formula is C23H19FN4O4. The molecule has 0 radical (unpaired) electrons. The fraction of sp³-hybridized carbons (Fsp3) is 0.130. The van der Waals surface area contributed by atoms with E-state index in [9.17, 15) is 18.8 Å². The van der Waals surface area contributed by atoms with Gasteiger partial charge in [-0.3, -0.25) is 9.59 Å². The molecule has 0 unspecified atom stereocenters. The van der Waals surface area contributed by atoms with Gasteiger partial charge in [-0.05, 0) is 60.7 Å². The minimum atomic E-state index is -0.702. The highest BCUT2D eigenvalue weighted by Crippen LogP contribution is 2.17. The Bertz CT molecular complexity index is 1410. The molecule has 0 N–H and O–H groups in total. The summed E-state index contributed by atoms with van der Waals surface area (Å²) in [6, 6.07) is 15.2. The molecule has 0 aliphatic carbocycles. The van der Waals surface area contributed by atoms with E-state index in [1.54, 1.807) is 36.4 Å². The van der Waals surface area contributed by atoms with Crippen LogP contribution in [0, 0.1) is 5.82 Å². The smallest absolute Gasteiger partial charge is 0.337 e. The number of carbonyl (C=O) groups excluding carboxylic acids is 1. The Kier molecular flexibility index (Phi) is 5.55. The van der Waals surface area contributed by atoms with Gasteiger partial charge in [-0.15, -0.1) is 0 Å². The first kappa shape index (κ1) is 21.0. The molecule has 0 saturated heterocycles. The largest absolute Gasteiger partial charge is 0.497 e. The summed E-state index contributed by atoms with van der Waals surface area (Å²) in [7, 11) is 3.02. The van der Waals surface area contributed by atoms with Gasteiger partial charge in [-0.2, -0.15) is 0 Å². The molecule has 0 fully saturated rings. The Morgan fingerprint density at radius 1 is 1.06 bits per heavy atom. The number of ether oxygens (including phenoxy) is 1. The lowest BCUT2D eigenvalue weighted by Crippen LogP contribution is -2.44. The fourth-order valence-electron chi connectivity index (χ4n) is 3.34. The standard InChI is InChI=1S/C23H19FN4O4/c1-26(16-7-5-15(24)6-8-16)20(29)14-27-22(30)19-4-3-13-25-21(19)28(23(27)31)17-9-11-18(32-2)12-10-17/h3-13H,14H2,1-2H3. The zero-order valence-electron chi connectivity index (χ0n) is 17.4. The van der Waals surface area contributed by atoms with Crippen LogP contribution < -0.4 is 20.9 Å². The number of fused-ring (bicyclic) bond motifs is 1. The van der Waals surface area contributed by atoms with Crippen molar-refractivity contribution in [2.45, 2.75) is 6.54 Å². The van der Waals surface area contributed by atoms with Crippen LogP contribution in [-0.4, -0.2) is 34.2 Å². The minimum Gasteiger partial charge on any atom is -0.497 e. The molecule has 1 amide bonds. The van der Waals surface area contributed by atoms with Gasteiger partial charge in [0.05, 0.1) is 18.2 Å². The van der Waals surface area contributed by atoms with Gasteiger partial charge in [0.2, 0.25) is 5.91 Å². The van der Waals surface area contributed by atoms with Crippen LogP contribution in [0.5, 0.6) is 5.75 Å². The van der Waals surface area contributed by atoms with Crippen molar-refractivity contribution < 1.29 is 13.9 Å². The number of halogens is 1. The summed E-state index contributed by atoms with van der Waals surface area (Å²) in [5, 5.41) is 0.195. The van der Waals surface area contributed by atoms with E-state index in [1.165, 1.54) is 54.1 Å². The zero-order valence-corrected chi connectivity index (χ0v) is 17.4. The monoisotopic (exact) mass is 434 g/mol. The summed E-state index contributed by atoms with van der Waals surface area (Å²) in [4.78, 5) is 44.7. The second kappa shape index (κ2) is 8.46. The van der Waals surface area contributed by atoms with E-state index >= 15 is 0 Å². The topological polar surface area (TPSA) is 86.4 Å². The number of methoxy groups -OCH3 is 1. The molecule has 0 spiro atoms. The second-order valence-electron chi connectivity index (χ2n) is 7.01. The number of anilines is 1. The van der Waals surface area contributed by atoms with Crippen molar-refractivity contribution in [3.8, 4) is 11.4 Å². The number of nitrogens with zero attached hydrogens (tertiary/aromatic N) is 4. The highest BCUT2D eigenvalue weighted by atomic mass is 19.1. The Morgan fingerprint density at radius 2 is 1.75 bits per heavy atom. The van der Waals surface area contributed by atoms with Crippen LogP contribution in [-0.2, 0) is 11.3 Å². The van der Waals surface area contributed by atoms with Crippen LogP contribution in [0.2, 0.25) is 0 Å². The third kappa shape index (κ3) is 3.76. The van der Waals surface area contributed by atoms with Crippen molar-refractivity contribution in [3.05, 3.63) is 93.5 Å². The summed E-state index contributed by atoms with van der Waals surface area (Å²) in [6.45, 7) is -0.494. The average molecular weight is 434 g/mol. The molecule has 0 aliphatic heterocycles. The Hall–Kier alpha value is -4.27. The number of amides is 1. The van der Waals surface area contributed by atoms with Crippen molar-refractivity contribution in [2.75, 3.05) is 19.1 Å². The number of pyridine rings is 1. The Labute approximate surface area is 181 Å². The number of hydrogen-bond donors (Lipinski definition) is 0. The molecule has 4 aromatic rings. The van der Waals surface area contributed by atoms with Gasteiger partial charge in [0.25, 0.3) is 5.56 Å². The molecule has 8 nitrogen and oxygen atoms in total. The molecule has 0 aliphatic rings. The molecule has 0 saturated carbocycles. The molecule has 2 heterocycles. The lowest BCUT2D eigenvalue weighted by molar-refractivity contribution is -0.119. The van der Waals surface area contributed by atoms with E-state index in [4.69, 9.17) is 4.74 Å². The quantitative estimate of drug-likeness (QED) is 0.481. The second-order valence-corrected chi connectivity index (χ2v) is 7.01. The summed E-state index contributed by atoms with van der Waals surface area (Å²) >= 11 is 0. The van der Waals surface area contributed by atoms with E-state index in [-0.39, 0.29) is 11.0 Å². The van der Waals surface area contributed by atoms with Gasteiger partial charge >= 0.3 is 5.69 Å². The lowest BCUT2D eigenvalue weighted by Gasteiger charge is -2.19. The van der Waals surface area contributed by atoms with Crippen LogP contribution in [0.25, 0.3) is 16.7 Å². The van der Waals surface area contributed by atoms with Crippen LogP contribution in [0.3, 0.4) is 0 Å². The summed E-state index contributed by atoms with van der Waals surface area (Å²) in [5.41, 5.74) is -0.242. The van der Waals surface area contributed by atoms with Crippen LogP contribution in [0.15, 0.2) is 76.4 Å². The maximum absolute atomic E-state index is 13.3. The third-order valence-corrected chi connectivity index (χ3v) is 5.11. The predicted molar refractivity (Wildman–Crippen MR) is 118 cm³/mol. The van der Waals surface area contributed by atoms with E-state index in [2.05, 4.69) is 4.98 Å². The van der Waals surface area contributed by atoms with Crippen molar-refractivity contribution in [2.24, 2.45) is 0 Å². The van der Waals surface area contributed by atoms with Crippen molar-refractivity contribution in [3.63, 3.8) is 0 Å². The summed E-state index contributed by atoms with van der Waals surface area (Å²) in [6.07, 6.45) is 1.49. The maximum Gasteiger partial charge on any atom is 0.337 e. The Balaban J connectivity index is 1.83. The maximum atomic E-state index is 13.3. The molecule has 0 atom stereocenters. The summed E-state index contributed by atoms with van der Waals surface area (Å²) in [5.74, 6) is -0.348. The van der Waals surface area contributed by atoms with Gasteiger partial charge in [0, 0.05) is 18.9 Å². The van der Waals surface area contributed by atoms with Crippen LogP contribution in [0.4, 0.5) is 10.1 Å². The molecule has 9 heteroatoms. The van der Waals surface area contributed by atoms with Crippen molar-refractivity contribution in [1.29, 1.82) is 0 Å². The first-order valence-electron chi connectivity index (χ1n) is 9.68. The first-order chi connectivity index (χ1) is 15.4. The van der Waals surface area contributed by atoms with Gasteiger partial charge < -0.3 is 9.64 Å². The SMILES string of the molecule is COc1ccc(-n2c(=O)n(CC(=O)N(C)c3ccc(F)cc3)c(=O)c3cccnc32)cc1. The van der Waals surface area contributed by atoms with Gasteiger partial charge in [0.1, 0.15) is 18.1 Å². The first-order valence-corrected chi connectivity index (χ1v) is 9.68. The minimum absolute atomic E-state index is 0.184. The molecule has 162 valence electrons. The number of hydrogen-bond acceptors (Lipinski definition) is 5. The third-order valence-electron chi connectivity index (χ3n) is 5.11. The van der Waals surface area contributed by atoms with Crippen LogP contribution in [0.1, 0.15) is 0 Å². The zero-order chi connectivity index (χ0) is 22.8. The molecular weight excluding hydrogens is 415 g/mol. The highest BCUT2D eigenvalue weighted by molar-refractivity contribution is 5.92.